The van der Waals surface area contributed by atoms with Crippen LogP contribution in [0.15, 0.2) is 24.4 Å². The minimum atomic E-state index is 0.308. The van der Waals surface area contributed by atoms with Crippen molar-refractivity contribution in [1.82, 2.24) is 14.8 Å². The Morgan fingerprint density at radius 1 is 1.26 bits per heavy atom. The second-order valence-corrected chi connectivity index (χ2v) is 6.58. The molecule has 126 valence electrons. The summed E-state index contributed by atoms with van der Waals surface area (Å²) in [6.45, 7) is 6.17. The summed E-state index contributed by atoms with van der Waals surface area (Å²) < 4.78 is 5.35. The fraction of sp³-hybridized carbons (Fsp3) is 0.667. The van der Waals surface area contributed by atoms with Crippen LogP contribution in [0.1, 0.15) is 25.0 Å². The second kappa shape index (κ2) is 8.41. The number of morpholine rings is 1. The van der Waals surface area contributed by atoms with Crippen molar-refractivity contribution in [1.29, 1.82) is 0 Å². The summed E-state index contributed by atoms with van der Waals surface area (Å²) in [5.41, 5.74) is 1.14. The summed E-state index contributed by atoms with van der Waals surface area (Å²) in [6, 6.07) is 6.07. The molecule has 0 N–H and O–H groups in total. The summed E-state index contributed by atoms with van der Waals surface area (Å²) >= 11 is 0. The third-order valence-electron chi connectivity index (χ3n) is 4.84. The average molecular weight is 317 g/mol. The lowest BCUT2D eigenvalue weighted by atomic mass is 9.93. The van der Waals surface area contributed by atoms with Gasteiger partial charge in [0.2, 0.25) is 5.91 Å². The topological polar surface area (TPSA) is 45.7 Å². The first kappa shape index (κ1) is 16.4. The van der Waals surface area contributed by atoms with E-state index in [1.54, 1.807) is 0 Å². The minimum absolute atomic E-state index is 0.308. The van der Waals surface area contributed by atoms with Crippen LogP contribution in [0.2, 0.25) is 0 Å². The highest BCUT2D eigenvalue weighted by molar-refractivity contribution is 5.76. The number of likely N-dealkylation sites (tertiary alicyclic amines) is 1. The van der Waals surface area contributed by atoms with Crippen LogP contribution in [-0.4, -0.2) is 66.6 Å². The molecular weight excluding hydrogens is 290 g/mol. The van der Waals surface area contributed by atoms with Gasteiger partial charge >= 0.3 is 0 Å². The van der Waals surface area contributed by atoms with Crippen LogP contribution in [0.25, 0.3) is 0 Å². The Labute approximate surface area is 138 Å². The lowest BCUT2D eigenvalue weighted by Gasteiger charge is -2.33. The minimum Gasteiger partial charge on any atom is -0.379 e. The summed E-state index contributed by atoms with van der Waals surface area (Å²) in [5.74, 6) is 0.855. The Kier molecular flexibility index (Phi) is 6.00. The van der Waals surface area contributed by atoms with Crippen molar-refractivity contribution in [3.8, 4) is 0 Å². The van der Waals surface area contributed by atoms with Gasteiger partial charge in [0.1, 0.15) is 0 Å². The third kappa shape index (κ3) is 5.01. The molecule has 0 spiro atoms. The molecule has 1 atom stereocenters. The first-order valence-electron chi connectivity index (χ1n) is 8.79. The first-order chi connectivity index (χ1) is 11.3. The van der Waals surface area contributed by atoms with Crippen LogP contribution in [0.4, 0.5) is 0 Å². The number of nitrogens with zero attached hydrogens (tertiary/aromatic N) is 3. The van der Waals surface area contributed by atoms with Gasteiger partial charge in [-0.05, 0) is 37.3 Å². The third-order valence-corrected chi connectivity index (χ3v) is 4.84. The number of amides is 1. The molecule has 0 aliphatic carbocycles. The molecule has 1 aromatic heterocycles. The van der Waals surface area contributed by atoms with Crippen molar-refractivity contribution in [2.45, 2.75) is 25.7 Å². The molecule has 5 heteroatoms. The molecule has 2 aliphatic heterocycles. The van der Waals surface area contributed by atoms with Gasteiger partial charge in [0.15, 0.2) is 0 Å². The van der Waals surface area contributed by atoms with E-state index in [0.717, 1.165) is 64.5 Å². The molecule has 3 rings (SSSR count). The molecular formula is C18H27N3O2. The Morgan fingerprint density at radius 3 is 2.91 bits per heavy atom. The molecule has 0 radical (unpaired) electrons. The number of hydrogen-bond donors (Lipinski definition) is 0. The number of hydrogen-bond acceptors (Lipinski definition) is 4. The normalized spacial score (nSPS) is 23.0. The standard InChI is InChI=1S/C18H27N3O2/c22-18(6-9-20-10-12-23-13-11-20)21-8-3-4-16(15-21)14-17-5-1-2-7-19-17/h1-2,5,7,16H,3-4,6,8-15H2. The highest BCUT2D eigenvalue weighted by Gasteiger charge is 2.24. The number of carbonyl (C=O) groups excluding carboxylic acids is 1. The molecule has 1 unspecified atom stereocenters. The van der Waals surface area contributed by atoms with Gasteiger partial charge in [-0.2, -0.15) is 0 Å². The molecule has 1 amide bonds. The second-order valence-electron chi connectivity index (χ2n) is 6.58. The fourth-order valence-electron chi connectivity index (χ4n) is 3.51. The molecule has 2 aliphatic rings. The molecule has 2 saturated heterocycles. The van der Waals surface area contributed by atoms with Gasteiger partial charge in [-0.25, -0.2) is 0 Å². The molecule has 23 heavy (non-hydrogen) atoms. The van der Waals surface area contributed by atoms with Gasteiger partial charge in [0.25, 0.3) is 0 Å². The number of ether oxygens (including phenoxy) is 1. The van der Waals surface area contributed by atoms with E-state index in [0.29, 0.717) is 18.2 Å². The van der Waals surface area contributed by atoms with E-state index in [2.05, 4.69) is 20.9 Å². The monoisotopic (exact) mass is 317 g/mol. The molecule has 1 aromatic rings. The van der Waals surface area contributed by atoms with E-state index >= 15 is 0 Å². The van der Waals surface area contributed by atoms with E-state index in [1.807, 2.05) is 18.3 Å². The Balaban J connectivity index is 1.44. The molecule has 0 saturated carbocycles. The first-order valence-corrected chi connectivity index (χ1v) is 8.79. The zero-order valence-corrected chi connectivity index (χ0v) is 13.8. The maximum atomic E-state index is 12.5. The highest BCUT2D eigenvalue weighted by Crippen LogP contribution is 2.20. The summed E-state index contributed by atoms with van der Waals surface area (Å²) in [6.07, 6.45) is 5.78. The maximum Gasteiger partial charge on any atom is 0.223 e. The predicted octanol–water partition coefficient (Wildman–Crippen LogP) is 1.58. The van der Waals surface area contributed by atoms with Crippen LogP contribution in [0, 0.1) is 5.92 Å². The quantitative estimate of drug-likeness (QED) is 0.827. The van der Waals surface area contributed by atoms with Gasteiger partial charge in [0.05, 0.1) is 13.2 Å². The Hall–Kier alpha value is -1.46. The molecule has 0 aromatic carbocycles. The highest BCUT2D eigenvalue weighted by atomic mass is 16.5. The molecule has 3 heterocycles. The van der Waals surface area contributed by atoms with Crippen molar-refractivity contribution >= 4 is 5.91 Å². The van der Waals surface area contributed by atoms with E-state index in [9.17, 15) is 4.79 Å². The van der Waals surface area contributed by atoms with Crippen molar-refractivity contribution < 1.29 is 9.53 Å². The van der Waals surface area contributed by atoms with Crippen LogP contribution in [0.3, 0.4) is 0 Å². The number of rotatable bonds is 5. The summed E-state index contributed by atoms with van der Waals surface area (Å²) in [4.78, 5) is 21.3. The lowest BCUT2D eigenvalue weighted by Crippen LogP contribution is -2.43. The number of pyridine rings is 1. The van der Waals surface area contributed by atoms with Crippen molar-refractivity contribution in [2.24, 2.45) is 5.92 Å². The van der Waals surface area contributed by atoms with Crippen molar-refractivity contribution in [3.63, 3.8) is 0 Å². The smallest absolute Gasteiger partial charge is 0.223 e. The maximum absolute atomic E-state index is 12.5. The van der Waals surface area contributed by atoms with E-state index in [-0.39, 0.29) is 0 Å². The number of aromatic nitrogens is 1. The van der Waals surface area contributed by atoms with Crippen molar-refractivity contribution in [3.05, 3.63) is 30.1 Å². The predicted molar refractivity (Wildman–Crippen MR) is 89.1 cm³/mol. The van der Waals surface area contributed by atoms with Crippen LogP contribution >= 0.6 is 0 Å². The van der Waals surface area contributed by atoms with Gasteiger partial charge < -0.3 is 9.64 Å². The Morgan fingerprint density at radius 2 is 2.13 bits per heavy atom. The average Bonchev–Trinajstić information content (AvgIpc) is 2.62. The zero-order chi connectivity index (χ0) is 15.9. The SMILES string of the molecule is O=C(CCN1CCOCC1)N1CCCC(Cc2ccccn2)C1. The molecule has 0 bridgehead atoms. The fourth-order valence-corrected chi connectivity index (χ4v) is 3.51. The van der Waals surface area contributed by atoms with E-state index in [4.69, 9.17) is 4.74 Å². The summed E-state index contributed by atoms with van der Waals surface area (Å²) in [7, 11) is 0. The van der Waals surface area contributed by atoms with Crippen molar-refractivity contribution in [2.75, 3.05) is 45.9 Å². The molecule has 2 fully saturated rings. The zero-order valence-electron chi connectivity index (χ0n) is 13.8. The molecule has 5 nitrogen and oxygen atoms in total. The van der Waals surface area contributed by atoms with Crippen LogP contribution in [0.5, 0.6) is 0 Å². The van der Waals surface area contributed by atoms with Crippen LogP contribution in [-0.2, 0) is 16.0 Å². The van der Waals surface area contributed by atoms with Gasteiger partial charge in [-0.3, -0.25) is 14.7 Å². The number of carbonyl (C=O) groups is 1. The van der Waals surface area contributed by atoms with E-state index < -0.39 is 0 Å². The van der Waals surface area contributed by atoms with Gasteiger partial charge in [-0.15, -0.1) is 0 Å². The number of piperidine rings is 1. The largest absolute Gasteiger partial charge is 0.379 e. The van der Waals surface area contributed by atoms with Crippen LogP contribution < -0.4 is 0 Å². The van der Waals surface area contributed by atoms with E-state index in [1.165, 1.54) is 6.42 Å². The van der Waals surface area contributed by atoms with Gasteiger partial charge in [-0.1, -0.05) is 6.07 Å². The lowest BCUT2D eigenvalue weighted by molar-refractivity contribution is -0.133. The van der Waals surface area contributed by atoms with Gasteiger partial charge in [0, 0.05) is 51.0 Å². The Bertz CT molecular complexity index is 488. The summed E-state index contributed by atoms with van der Waals surface area (Å²) in [5, 5.41) is 0.